The number of nitrogens with two attached hydrogens (primary N) is 1. The lowest BCUT2D eigenvalue weighted by atomic mass is 10.1. The highest BCUT2D eigenvalue weighted by Gasteiger charge is 2.10. The second-order valence-corrected chi connectivity index (χ2v) is 6.22. The Balaban J connectivity index is 1.47. The third kappa shape index (κ3) is 3.28. The van der Waals surface area contributed by atoms with Crippen molar-refractivity contribution < 1.29 is 4.74 Å². The molecule has 2 nitrogen and oxygen atoms in total. The molecule has 0 heterocycles. The van der Waals surface area contributed by atoms with E-state index in [1.165, 1.54) is 35.3 Å². The van der Waals surface area contributed by atoms with Crippen LogP contribution in [0.4, 0.5) is 5.69 Å². The van der Waals surface area contributed by atoms with Crippen LogP contribution in [0.25, 0.3) is 0 Å². The van der Waals surface area contributed by atoms with Crippen LogP contribution in [-0.4, -0.2) is 12.4 Å². The van der Waals surface area contributed by atoms with E-state index in [1.807, 2.05) is 36.0 Å². The molecule has 2 aromatic rings. The quantitative estimate of drug-likeness (QED) is 0.513. The molecule has 3 rings (SSSR count). The molecule has 0 spiro atoms. The minimum atomic E-state index is 0.714. The molecule has 2 N–H and O–H groups in total. The van der Waals surface area contributed by atoms with Crippen LogP contribution in [0.5, 0.6) is 5.75 Å². The Morgan fingerprint density at radius 3 is 2.65 bits per heavy atom. The first kappa shape index (κ1) is 13.4. The molecule has 0 aliphatic heterocycles. The van der Waals surface area contributed by atoms with Crippen LogP contribution in [0.15, 0.2) is 47.4 Å². The number of rotatable bonds is 5. The smallest absolute Gasteiger partial charge is 0.119 e. The Morgan fingerprint density at radius 2 is 1.80 bits per heavy atom. The summed E-state index contributed by atoms with van der Waals surface area (Å²) in [5, 5.41) is 0. The first-order chi connectivity index (χ1) is 9.81. The summed E-state index contributed by atoms with van der Waals surface area (Å²) in [6, 6.07) is 14.4. The van der Waals surface area contributed by atoms with Crippen LogP contribution in [-0.2, 0) is 12.8 Å². The fourth-order valence-corrected chi connectivity index (χ4v) is 3.31. The molecule has 0 aromatic heterocycles. The maximum Gasteiger partial charge on any atom is 0.119 e. The maximum absolute atomic E-state index is 5.70. The minimum absolute atomic E-state index is 0.714. The highest BCUT2D eigenvalue weighted by molar-refractivity contribution is 7.99. The molecule has 0 saturated carbocycles. The summed E-state index contributed by atoms with van der Waals surface area (Å²) in [6.07, 6.45) is 3.80. The number of benzene rings is 2. The van der Waals surface area contributed by atoms with Gasteiger partial charge in [0.15, 0.2) is 0 Å². The number of thioether (sulfide) groups is 1. The Hall–Kier alpha value is -1.61. The fraction of sp³-hybridized carbons (Fsp3) is 0.294. The van der Waals surface area contributed by atoms with Crippen molar-refractivity contribution in [3.8, 4) is 5.75 Å². The monoisotopic (exact) mass is 285 g/mol. The van der Waals surface area contributed by atoms with E-state index in [0.29, 0.717) is 6.61 Å². The summed E-state index contributed by atoms with van der Waals surface area (Å²) >= 11 is 1.86. The molecule has 0 atom stereocenters. The number of fused-ring (bicyclic) bond motifs is 1. The van der Waals surface area contributed by atoms with Gasteiger partial charge in [0.25, 0.3) is 0 Å². The van der Waals surface area contributed by atoms with Gasteiger partial charge in [-0.1, -0.05) is 6.07 Å². The maximum atomic E-state index is 5.70. The molecule has 1 aliphatic rings. The van der Waals surface area contributed by atoms with Gasteiger partial charge in [0, 0.05) is 16.3 Å². The van der Waals surface area contributed by atoms with Crippen LogP contribution in [0.2, 0.25) is 0 Å². The average molecular weight is 285 g/mol. The molecule has 0 bridgehead atoms. The van der Waals surface area contributed by atoms with Gasteiger partial charge < -0.3 is 10.5 Å². The normalized spacial score (nSPS) is 13.2. The third-order valence-corrected chi connectivity index (χ3v) is 4.53. The summed E-state index contributed by atoms with van der Waals surface area (Å²) in [6.45, 7) is 0.714. The van der Waals surface area contributed by atoms with Gasteiger partial charge in [-0.15, -0.1) is 11.8 Å². The van der Waals surface area contributed by atoms with Crippen molar-refractivity contribution in [3.05, 3.63) is 53.6 Å². The van der Waals surface area contributed by atoms with Crippen LogP contribution in [0.3, 0.4) is 0 Å². The van der Waals surface area contributed by atoms with Crippen molar-refractivity contribution >= 4 is 17.4 Å². The molecule has 1 aliphatic carbocycles. The van der Waals surface area contributed by atoms with Crippen molar-refractivity contribution in [2.24, 2.45) is 0 Å². The Bertz CT molecular complexity index is 580. The summed E-state index contributed by atoms with van der Waals surface area (Å²) < 4.78 is 5.70. The molecule has 0 saturated heterocycles. The van der Waals surface area contributed by atoms with E-state index in [0.717, 1.165) is 17.2 Å². The molecule has 0 amide bonds. The molecular weight excluding hydrogens is 266 g/mol. The lowest BCUT2D eigenvalue weighted by molar-refractivity contribution is 0.344. The van der Waals surface area contributed by atoms with Crippen molar-refractivity contribution in [2.45, 2.75) is 24.2 Å². The van der Waals surface area contributed by atoms with Gasteiger partial charge in [0.2, 0.25) is 0 Å². The molecule has 20 heavy (non-hydrogen) atoms. The summed E-state index contributed by atoms with van der Waals surface area (Å²) in [4.78, 5) is 1.35. The van der Waals surface area contributed by atoms with Crippen molar-refractivity contribution in [1.82, 2.24) is 0 Å². The second-order valence-electron chi connectivity index (χ2n) is 5.05. The molecular formula is C17H19NOS. The van der Waals surface area contributed by atoms with Gasteiger partial charge in [0.1, 0.15) is 5.75 Å². The number of hydrogen-bond donors (Lipinski definition) is 1. The molecule has 0 radical (unpaired) electrons. The topological polar surface area (TPSA) is 35.2 Å². The van der Waals surface area contributed by atoms with E-state index in [2.05, 4.69) is 18.2 Å². The third-order valence-electron chi connectivity index (χ3n) is 3.57. The molecule has 3 heteroatoms. The van der Waals surface area contributed by atoms with E-state index in [4.69, 9.17) is 10.5 Å². The van der Waals surface area contributed by atoms with E-state index >= 15 is 0 Å². The largest absolute Gasteiger partial charge is 0.493 e. The first-order valence-corrected chi connectivity index (χ1v) is 8.03. The zero-order valence-corrected chi connectivity index (χ0v) is 12.3. The summed E-state index contributed by atoms with van der Waals surface area (Å²) in [5.41, 5.74) is 9.48. The Labute approximate surface area is 124 Å². The van der Waals surface area contributed by atoms with Gasteiger partial charge in [-0.25, -0.2) is 0 Å². The second kappa shape index (κ2) is 6.23. The number of aryl methyl sites for hydroxylation is 2. The Morgan fingerprint density at radius 1 is 1.00 bits per heavy atom. The predicted molar refractivity (Wildman–Crippen MR) is 85.5 cm³/mol. The van der Waals surface area contributed by atoms with Gasteiger partial charge in [-0.05, 0) is 66.8 Å². The molecule has 2 aromatic carbocycles. The first-order valence-electron chi connectivity index (χ1n) is 7.04. The van der Waals surface area contributed by atoms with Crippen molar-refractivity contribution in [1.29, 1.82) is 0 Å². The average Bonchev–Trinajstić information content (AvgIpc) is 2.93. The number of ether oxygens (including phenoxy) is 1. The van der Waals surface area contributed by atoms with E-state index in [9.17, 15) is 0 Å². The van der Waals surface area contributed by atoms with Gasteiger partial charge in [-0.2, -0.15) is 0 Å². The van der Waals surface area contributed by atoms with Crippen LogP contribution in [0, 0.1) is 0 Å². The van der Waals surface area contributed by atoms with Crippen LogP contribution < -0.4 is 10.5 Å². The number of nitrogen functional groups attached to an aromatic ring is 1. The lowest BCUT2D eigenvalue weighted by Crippen LogP contribution is -2.00. The fourth-order valence-electron chi connectivity index (χ4n) is 2.52. The summed E-state index contributed by atoms with van der Waals surface area (Å²) in [7, 11) is 0. The highest BCUT2D eigenvalue weighted by atomic mass is 32.2. The lowest BCUT2D eigenvalue weighted by Gasteiger charge is -2.07. The van der Waals surface area contributed by atoms with Crippen molar-refractivity contribution in [2.75, 3.05) is 18.1 Å². The van der Waals surface area contributed by atoms with E-state index in [-0.39, 0.29) is 0 Å². The zero-order chi connectivity index (χ0) is 13.8. The molecule has 0 fully saturated rings. The van der Waals surface area contributed by atoms with Gasteiger partial charge >= 0.3 is 0 Å². The van der Waals surface area contributed by atoms with Gasteiger partial charge in [0.05, 0.1) is 6.61 Å². The molecule has 0 unspecified atom stereocenters. The minimum Gasteiger partial charge on any atom is -0.493 e. The van der Waals surface area contributed by atoms with E-state index < -0.39 is 0 Å². The standard InChI is InChI=1S/C17H19NOS/c18-15-5-7-16(8-6-15)19-10-11-20-17-9-4-13-2-1-3-14(13)12-17/h4-9,12H,1-3,10-11,18H2. The SMILES string of the molecule is Nc1ccc(OCCSc2ccc3c(c2)CCC3)cc1. The van der Waals surface area contributed by atoms with Gasteiger partial charge in [-0.3, -0.25) is 0 Å². The van der Waals surface area contributed by atoms with Crippen LogP contribution >= 0.6 is 11.8 Å². The Kier molecular flexibility index (Phi) is 4.16. The van der Waals surface area contributed by atoms with E-state index in [1.54, 1.807) is 0 Å². The zero-order valence-electron chi connectivity index (χ0n) is 11.5. The predicted octanol–water partition coefficient (Wildman–Crippen LogP) is 3.93. The van der Waals surface area contributed by atoms with Crippen molar-refractivity contribution in [3.63, 3.8) is 0 Å². The number of hydrogen-bond acceptors (Lipinski definition) is 3. The molecule has 104 valence electrons. The summed E-state index contributed by atoms with van der Waals surface area (Å²) in [5.74, 6) is 1.84. The number of anilines is 1. The van der Waals surface area contributed by atoms with Crippen LogP contribution in [0.1, 0.15) is 17.5 Å². The highest BCUT2D eigenvalue weighted by Crippen LogP contribution is 2.27.